The second-order valence-electron chi connectivity index (χ2n) is 26.0. The highest BCUT2D eigenvalue weighted by Crippen LogP contribution is 2.37. The van der Waals surface area contributed by atoms with E-state index in [1.54, 1.807) is 39.8 Å². The molecule has 5 rings (SSSR count). The van der Waals surface area contributed by atoms with Gasteiger partial charge in [-0.25, -0.2) is 0 Å². The molecule has 3 fully saturated rings. The summed E-state index contributed by atoms with van der Waals surface area (Å²) in [7, 11) is 9.68. The molecule has 2 aromatic carbocycles. The first-order chi connectivity index (χ1) is 43.5. The van der Waals surface area contributed by atoms with Gasteiger partial charge in [0.1, 0.15) is 54.1 Å². The average Bonchev–Trinajstić information content (AvgIpc) is 1.75. The van der Waals surface area contributed by atoms with Gasteiger partial charge in [0, 0.05) is 68.3 Å². The van der Waals surface area contributed by atoms with E-state index >= 15 is 9.59 Å². The van der Waals surface area contributed by atoms with Crippen molar-refractivity contribution in [2.45, 2.75) is 173 Å². The summed E-state index contributed by atoms with van der Waals surface area (Å²) in [5, 5.41) is 8.12. The highest BCUT2D eigenvalue weighted by molar-refractivity contribution is 6.32. The number of hydrogen-bond acceptors (Lipinski definition) is 12. The molecule has 8 atom stereocenters. The Hall–Kier alpha value is -7.22. The largest absolute Gasteiger partial charge is 0.489 e. The van der Waals surface area contributed by atoms with Crippen molar-refractivity contribution in [3.8, 4) is 5.75 Å². The van der Waals surface area contributed by atoms with Crippen molar-refractivity contribution in [2.75, 3.05) is 82.1 Å². The van der Waals surface area contributed by atoms with Crippen LogP contribution in [-0.4, -0.2) is 234 Å². The Bertz CT molecular complexity index is 3060. The molecule has 1 saturated carbocycles. The average molecular weight is 1350 g/mol. The van der Waals surface area contributed by atoms with E-state index in [0.29, 0.717) is 25.7 Å². The summed E-state index contributed by atoms with van der Waals surface area (Å²) < 4.78 is 47.3. The van der Waals surface area contributed by atoms with E-state index in [-0.39, 0.29) is 73.7 Å². The lowest BCUT2D eigenvalue weighted by Crippen LogP contribution is -2.64. The van der Waals surface area contributed by atoms with Gasteiger partial charge in [0.15, 0.2) is 0 Å². The number of carbonyl (C=O) groups excluding carboxylic acids is 11. The van der Waals surface area contributed by atoms with Gasteiger partial charge in [-0.3, -0.25) is 52.7 Å². The Morgan fingerprint density at radius 2 is 1.28 bits per heavy atom. The number of fused-ring (bicyclic) bond motifs is 1. The third-order valence-corrected chi connectivity index (χ3v) is 18.8. The number of amides is 11. The topological polar surface area (TPSA) is 259 Å². The molecular weight excluding hydrogens is 1250 g/mol. The van der Waals surface area contributed by atoms with E-state index in [2.05, 4.69) is 16.0 Å². The van der Waals surface area contributed by atoms with Crippen molar-refractivity contribution < 1.29 is 70.6 Å². The third-order valence-electron chi connectivity index (χ3n) is 18.2. The van der Waals surface area contributed by atoms with Gasteiger partial charge in [0.2, 0.25) is 65.0 Å². The van der Waals surface area contributed by atoms with Gasteiger partial charge in [0.05, 0.1) is 35.2 Å². The first kappa shape index (κ1) is 76.5. The number of nitrogens with one attached hydrogen (secondary N) is 3. The minimum Gasteiger partial charge on any atom is -0.489 e. The molecule has 11 amide bonds. The lowest BCUT2D eigenvalue weighted by Gasteiger charge is -2.41. The van der Waals surface area contributed by atoms with Crippen molar-refractivity contribution in [3.05, 3.63) is 63.6 Å². The second kappa shape index (κ2) is 33.3. The maximum Gasteiger partial charge on any atom is 0.417 e. The molecule has 3 N–H and O–H groups in total. The lowest BCUT2D eigenvalue weighted by molar-refractivity contribution is -0.152. The number of halogens is 5. The molecule has 28 heteroatoms. The Morgan fingerprint density at radius 1 is 0.667 bits per heavy atom. The van der Waals surface area contributed by atoms with Crippen LogP contribution in [0.2, 0.25) is 10.0 Å². The van der Waals surface area contributed by atoms with Crippen molar-refractivity contribution in [3.63, 3.8) is 0 Å². The predicted molar refractivity (Wildman–Crippen MR) is 343 cm³/mol. The Labute approximate surface area is 554 Å². The molecule has 0 radical (unpaired) electrons. The molecule has 2 heterocycles. The highest BCUT2D eigenvalue weighted by atomic mass is 35.5. The lowest BCUT2D eigenvalue weighted by atomic mass is 9.91. The maximum absolute atomic E-state index is 15.1. The standard InChI is InChI=1S/C65H94Cl2F3N11O12/c1-15-40(6)55-61(90)76(10)35-53(84)74(8)36-54(85)79(13)49(37-93-50-23-17-16-21-44(50)66)60(89)75(9)34-51(82)71-46(27-25-42-24-26-43(45(67)33-42)65(68,69)70)59(88)81-30-20-22-47(81)58(87)73-64(28-18-19-29-64)63(92)80(14)56(39(4)5)62(91)77(11)41(7)32-52(83)78(12)48(31-38(2)3)57(86)72-55/h16-17,21,23-24,26,33,38-41,46-49,55-56H,15,18-20,22,25,27-32,34-37H2,1-14H3,(H,71,82)(H,72,86)(H,73,87)/t40-,41+,46-,47?,48-,49-,55-,56-/m0/s1. The van der Waals surface area contributed by atoms with Crippen LogP contribution in [0.5, 0.6) is 5.75 Å². The van der Waals surface area contributed by atoms with Crippen LogP contribution >= 0.6 is 23.2 Å². The van der Waals surface area contributed by atoms with Crippen LogP contribution in [0.4, 0.5) is 13.2 Å². The number of aryl methyl sites for hydroxylation is 1. The van der Waals surface area contributed by atoms with Crippen molar-refractivity contribution >= 4 is 88.2 Å². The summed E-state index contributed by atoms with van der Waals surface area (Å²) in [6.45, 7) is 10.1. The number of rotatable bonds is 11. The number of para-hydroxylation sites is 1. The van der Waals surface area contributed by atoms with E-state index in [1.807, 2.05) is 20.8 Å². The molecule has 1 spiro atoms. The summed E-state index contributed by atoms with van der Waals surface area (Å²) in [6, 6.07) is 1.13. The maximum atomic E-state index is 15.1. The van der Waals surface area contributed by atoms with Crippen LogP contribution in [0.3, 0.4) is 0 Å². The summed E-state index contributed by atoms with van der Waals surface area (Å²) in [6.07, 6.45) is -2.86. The van der Waals surface area contributed by atoms with Crippen LogP contribution in [0.25, 0.3) is 0 Å². The third kappa shape index (κ3) is 19.5. The van der Waals surface area contributed by atoms with Crippen LogP contribution in [0.1, 0.15) is 124 Å². The first-order valence-corrected chi connectivity index (χ1v) is 32.5. The molecule has 1 aliphatic carbocycles. The van der Waals surface area contributed by atoms with Gasteiger partial charge >= 0.3 is 6.18 Å². The number of hydrogen-bond donors (Lipinski definition) is 3. The van der Waals surface area contributed by atoms with Gasteiger partial charge in [-0.05, 0) is 99.5 Å². The molecular formula is C65H94Cl2F3N11O12. The van der Waals surface area contributed by atoms with Gasteiger partial charge < -0.3 is 59.9 Å². The highest BCUT2D eigenvalue weighted by Gasteiger charge is 2.50. The Balaban J connectivity index is 1.57. The Kier molecular flexibility index (Phi) is 27.3. The van der Waals surface area contributed by atoms with E-state index < -0.39 is 168 Å². The molecule has 2 aromatic rings. The number of carbonyl (C=O) groups is 11. The quantitative estimate of drug-likeness (QED) is 0.260. The molecule has 2 aliphatic heterocycles. The van der Waals surface area contributed by atoms with Crippen molar-refractivity contribution in [1.82, 2.24) is 55.1 Å². The zero-order valence-corrected chi connectivity index (χ0v) is 57.5. The SMILES string of the molecule is CC[C@H](C)[C@@H]1NC(=O)[C@H](CC(C)C)N(C)C(=O)C[C@@H](C)N(C)C(=O)[C@H](C(C)C)N(C)C(=O)C2(CCCC2)NC(=O)C2CCCN2C(=O)[C@H](CCc2ccc(C(F)(F)F)c(Cl)c2)NC(=O)CN(C)C(=O)[C@H](COc2ccccc2Cl)N(C)C(=O)CN(C)C(=O)CN(C)C1=O. The molecule has 93 heavy (non-hydrogen) atoms. The van der Waals surface area contributed by atoms with Crippen LogP contribution < -0.4 is 20.7 Å². The molecule has 23 nitrogen and oxygen atoms in total. The normalized spacial score (nSPS) is 24.7. The van der Waals surface area contributed by atoms with Crippen LogP contribution in [0.15, 0.2) is 42.5 Å². The number of nitrogens with zero attached hydrogens (tertiary/aromatic N) is 8. The Morgan fingerprint density at radius 3 is 1.87 bits per heavy atom. The zero-order chi connectivity index (χ0) is 69.7. The van der Waals surface area contributed by atoms with Gasteiger partial charge in [-0.1, -0.05) is 102 Å². The first-order valence-electron chi connectivity index (χ1n) is 31.7. The van der Waals surface area contributed by atoms with Gasteiger partial charge in [-0.2, -0.15) is 13.2 Å². The zero-order valence-electron chi connectivity index (χ0n) is 56.0. The van der Waals surface area contributed by atoms with Gasteiger partial charge in [0.25, 0.3) is 0 Å². The molecule has 516 valence electrons. The van der Waals surface area contributed by atoms with Crippen LogP contribution in [0, 0.1) is 17.8 Å². The summed E-state index contributed by atoms with van der Waals surface area (Å²) in [5.74, 6) is -8.41. The minimum absolute atomic E-state index is 0.0226. The molecule has 2 saturated heterocycles. The molecule has 3 aliphatic rings. The predicted octanol–water partition coefficient (Wildman–Crippen LogP) is 5.27. The van der Waals surface area contributed by atoms with E-state index in [0.717, 1.165) is 31.7 Å². The number of benzene rings is 2. The minimum atomic E-state index is -4.77. The van der Waals surface area contributed by atoms with Crippen LogP contribution in [-0.2, 0) is 65.3 Å². The fraction of sp³-hybridized carbons (Fsp3) is 0.646. The molecule has 1 unspecified atom stereocenters. The van der Waals surface area contributed by atoms with Crippen molar-refractivity contribution in [1.29, 1.82) is 0 Å². The van der Waals surface area contributed by atoms with Gasteiger partial charge in [-0.15, -0.1) is 0 Å². The summed E-state index contributed by atoms with van der Waals surface area (Å²) in [4.78, 5) is 169. The fourth-order valence-electron chi connectivity index (χ4n) is 12.1. The monoisotopic (exact) mass is 1350 g/mol. The van der Waals surface area contributed by atoms with Crippen molar-refractivity contribution in [2.24, 2.45) is 17.8 Å². The number of ether oxygens (including phenoxy) is 1. The molecule has 0 aromatic heterocycles. The second-order valence-corrected chi connectivity index (χ2v) is 26.8. The smallest absolute Gasteiger partial charge is 0.417 e. The molecule has 0 bridgehead atoms. The number of alkyl halides is 3. The fourth-order valence-corrected chi connectivity index (χ4v) is 12.6. The van der Waals surface area contributed by atoms with E-state index in [9.17, 15) is 56.3 Å². The van der Waals surface area contributed by atoms with E-state index in [4.69, 9.17) is 27.9 Å². The number of likely N-dealkylation sites (N-methyl/N-ethyl adjacent to an activating group) is 7. The summed E-state index contributed by atoms with van der Waals surface area (Å²) >= 11 is 12.5. The van der Waals surface area contributed by atoms with E-state index in [1.165, 1.54) is 87.1 Å². The summed E-state index contributed by atoms with van der Waals surface area (Å²) in [5.41, 5.74) is -2.34.